The lowest BCUT2D eigenvalue weighted by atomic mass is 9.61. The normalized spacial score (nSPS) is 23.1. The number of para-hydroxylation sites is 1. The van der Waals surface area contributed by atoms with Crippen LogP contribution in [-0.4, -0.2) is 21.9 Å². The lowest BCUT2D eigenvalue weighted by Crippen LogP contribution is -2.44. The van der Waals surface area contributed by atoms with Gasteiger partial charge < -0.3 is 5.11 Å². The summed E-state index contributed by atoms with van der Waals surface area (Å²) in [6.07, 6.45) is 2.15. The Kier molecular flexibility index (Phi) is 6.95. The van der Waals surface area contributed by atoms with E-state index >= 15 is 0 Å². The Morgan fingerprint density at radius 2 is 1.44 bits per heavy atom. The van der Waals surface area contributed by atoms with Crippen molar-refractivity contribution in [3.63, 3.8) is 0 Å². The molecular formula is C31H46NOP. The molecule has 34 heavy (non-hydrogen) atoms. The number of benzene rings is 2. The number of aryl methyl sites for hydroxylation is 3. The van der Waals surface area contributed by atoms with Gasteiger partial charge >= 0.3 is 0 Å². The average Bonchev–Trinajstić information content (AvgIpc) is 3.04. The monoisotopic (exact) mass is 479 g/mol. The number of phenols is 1. The van der Waals surface area contributed by atoms with Crippen molar-refractivity contribution in [2.75, 3.05) is 6.16 Å². The quantitative estimate of drug-likeness (QED) is 0.428. The van der Waals surface area contributed by atoms with Crippen LogP contribution in [-0.2, 0) is 10.8 Å². The molecule has 0 spiro atoms. The number of aliphatic imine (C=N–C) groups is 1. The predicted octanol–water partition coefficient (Wildman–Crippen LogP) is 9.31. The standard InChI is InChI=1S/C31H46NOP/c1-20-18-21(2)25(22(3)19-20)32-27-31(29(7,8)9,16-17-34(27)30(10,11)12)24-15-13-14-23(26(24)33)28(4,5)6/h13-15,18-19,33H,16-17H2,1-12H3. The van der Waals surface area contributed by atoms with E-state index in [1.54, 1.807) is 0 Å². The summed E-state index contributed by atoms with van der Waals surface area (Å²) in [4.78, 5) is 5.61. The number of aromatic hydroxyl groups is 1. The fraction of sp³-hybridized carbons (Fsp3) is 0.581. The number of hydrogen-bond donors (Lipinski definition) is 1. The van der Waals surface area contributed by atoms with Gasteiger partial charge in [-0.1, -0.05) is 106 Å². The molecule has 1 saturated heterocycles. The molecule has 0 aliphatic carbocycles. The van der Waals surface area contributed by atoms with Crippen LogP contribution >= 0.6 is 7.92 Å². The molecule has 0 aromatic heterocycles. The summed E-state index contributed by atoms with van der Waals surface area (Å²) in [7, 11) is -0.493. The minimum atomic E-state index is -0.493. The zero-order valence-electron chi connectivity index (χ0n) is 23.6. The van der Waals surface area contributed by atoms with Gasteiger partial charge in [-0.15, -0.1) is 0 Å². The van der Waals surface area contributed by atoms with Crippen LogP contribution in [0.5, 0.6) is 5.75 Å². The lowest BCUT2D eigenvalue weighted by molar-refractivity contribution is 0.252. The Labute approximate surface area is 210 Å². The Morgan fingerprint density at radius 1 is 0.882 bits per heavy atom. The molecule has 0 saturated carbocycles. The third-order valence-corrected chi connectivity index (χ3v) is 10.9. The van der Waals surface area contributed by atoms with Gasteiger partial charge in [-0.3, -0.25) is 4.99 Å². The summed E-state index contributed by atoms with van der Waals surface area (Å²) in [6, 6.07) is 10.9. The Balaban J connectivity index is 2.44. The number of hydrogen-bond acceptors (Lipinski definition) is 2. The first-order valence-electron chi connectivity index (χ1n) is 12.7. The fourth-order valence-electron chi connectivity index (χ4n) is 5.85. The van der Waals surface area contributed by atoms with E-state index in [1.807, 2.05) is 0 Å². The molecule has 2 atom stereocenters. The summed E-state index contributed by atoms with van der Waals surface area (Å²) < 4.78 is 0. The molecule has 1 N–H and O–H groups in total. The molecule has 1 aliphatic rings. The Morgan fingerprint density at radius 3 is 1.91 bits per heavy atom. The van der Waals surface area contributed by atoms with Crippen molar-refractivity contribution in [2.45, 2.75) is 105 Å². The van der Waals surface area contributed by atoms with Gasteiger partial charge in [-0.2, -0.15) is 0 Å². The van der Waals surface area contributed by atoms with Crippen molar-refractivity contribution < 1.29 is 5.11 Å². The van der Waals surface area contributed by atoms with Gasteiger partial charge in [0, 0.05) is 11.0 Å². The van der Waals surface area contributed by atoms with E-state index in [0.29, 0.717) is 5.75 Å². The summed E-state index contributed by atoms with van der Waals surface area (Å²) in [5.41, 5.74) is 7.68. The minimum Gasteiger partial charge on any atom is -0.507 e. The number of rotatable bonds is 2. The van der Waals surface area contributed by atoms with Crippen LogP contribution in [0.2, 0.25) is 0 Å². The van der Waals surface area contributed by atoms with E-state index in [1.165, 1.54) is 22.1 Å². The van der Waals surface area contributed by atoms with Gasteiger partial charge in [0.2, 0.25) is 0 Å². The largest absolute Gasteiger partial charge is 0.507 e. The van der Waals surface area contributed by atoms with Gasteiger partial charge in [0.05, 0.1) is 11.1 Å². The molecule has 3 rings (SSSR count). The molecule has 1 fully saturated rings. The highest BCUT2D eigenvalue weighted by atomic mass is 31.1. The van der Waals surface area contributed by atoms with E-state index < -0.39 is 7.92 Å². The maximum Gasteiger partial charge on any atom is 0.123 e. The maximum atomic E-state index is 11.8. The van der Waals surface area contributed by atoms with Crippen LogP contribution in [0.4, 0.5) is 5.69 Å². The Bertz CT molecular complexity index is 1080. The minimum absolute atomic E-state index is 0.103. The molecule has 2 aromatic carbocycles. The van der Waals surface area contributed by atoms with E-state index in [-0.39, 0.29) is 21.4 Å². The number of nitrogens with zero attached hydrogens (tertiary/aromatic N) is 1. The first-order valence-corrected chi connectivity index (χ1v) is 14.2. The summed E-state index contributed by atoms with van der Waals surface area (Å²) in [5, 5.41) is 11.9. The van der Waals surface area contributed by atoms with E-state index in [9.17, 15) is 5.11 Å². The van der Waals surface area contributed by atoms with Crippen molar-refractivity contribution in [1.29, 1.82) is 0 Å². The summed E-state index contributed by atoms with van der Waals surface area (Å²) in [6.45, 7) is 27.2. The second-order valence-electron chi connectivity index (χ2n) is 13.4. The van der Waals surface area contributed by atoms with Gasteiger partial charge in [-0.05, 0) is 66.0 Å². The lowest BCUT2D eigenvalue weighted by Gasteiger charge is -2.45. The summed E-state index contributed by atoms with van der Waals surface area (Å²) in [5.74, 6) is 0.459. The maximum absolute atomic E-state index is 11.8. The third kappa shape index (κ3) is 4.60. The van der Waals surface area contributed by atoms with Crippen LogP contribution in [0.15, 0.2) is 35.3 Å². The van der Waals surface area contributed by atoms with Crippen molar-refractivity contribution in [1.82, 2.24) is 0 Å². The molecule has 3 heteroatoms. The van der Waals surface area contributed by atoms with Crippen LogP contribution in [0, 0.1) is 26.2 Å². The first-order chi connectivity index (χ1) is 15.4. The van der Waals surface area contributed by atoms with Crippen LogP contribution in [0.1, 0.15) is 96.6 Å². The van der Waals surface area contributed by atoms with Crippen LogP contribution in [0.25, 0.3) is 0 Å². The highest BCUT2D eigenvalue weighted by Crippen LogP contribution is 2.68. The molecular weight excluding hydrogens is 433 g/mol. The fourth-order valence-corrected chi connectivity index (χ4v) is 9.18. The molecule has 0 radical (unpaired) electrons. The number of phenolic OH excluding ortho intramolecular Hbond substituents is 1. The van der Waals surface area contributed by atoms with E-state index in [0.717, 1.165) is 29.4 Å². The second-order valence-corrected chi connectivity index (χ2v) is 16.4. The molecule has 0 bridgehead atoms. The molecule has 0 amide bonds. The van der Waals surface area contributed by atoms with Crippen LogP contribution < -0.4 is 0 Å². The molecule has 1 aliphatic heterocycles. The SMILES string of the molecule is Cc1cc(C)c(N=C2P(C(C)(C)C)CCC2(c2cccc(C(C)(C)C)c2O)C(C)(C)C)c(C)c1. The van der Waals surface area contributed by atoms with Crippen LogP contribution in [0.3, 0.4) is 0 Å². The molecule has 1 heterocycles. The molecule has 2 unspecified atom stereocenters. The van der Waals surface area contributed by atoms with Gasteiger partial charge in [0.1, 0.15) is 5.75 Å². The molecule has 186 valence electrons. The van der Waals surface area contributed by atoms with E-state index in [2.05, 4.69) is 113 Å². The van der Waals surface area contributed by atoms with Crippen molar-refractivity contribution in [2.24, 2.45) is 10.4 Å². The van der Waals surface area contributed by atoms with Crippen molar-refractivity contribution >= 4 is 19.1 Å². The molecule has 2 nitrogen and oxygen atoms in total. The highest BCUT2D eigenvalue weighted by Gasteiger charge is 2.57. The second kappa shape index (κ2) is 8.77. The molecule has 2 aromatic rings. The van der Waals surface area contributed by atoms with Gasteiger partial charge in [0.15, 0.2) is 0 Å². The summed E-state index contributed by atoms with van der Waals surface area (Å²) >= 11 is 0. The van der Waals surface area contributed by atoms with Crippen molar-refractivity contribution in [3.05, 3.63) is 58.1 Å². The first kappa shape index (κ1) is 26.9. The van der Waals surface area contributed by atoms with Crippen molar-refractivity contribution in [3.8, 4) is 5.75 Å². The highest BCUT2D eigenvalue weighted by molar-refractivity contribution is 7.77. The van der Waals surface area contributed by atoms with Gasteiger partial charge in [0.25, 0.3) is 0 Å². The van der Waals surface area contributed by atoms with Gasteiger partial charge in [-0.25, -0.2) is 0 Å². The topological polar surface area (TPSA) is 32.6 Å². The smallest absolute Gasteiger partial charge is 0.123 e. The average molecular weight is 480 g/mol. The predicted molar refractivity (Wildman–Crippen MR) is 152 cm³/mol. The van der Waals surface area contributed by atoms with E-state index in [4.69, 9.17) is 4.99 Å². The third-order valence-electron chi connectivity index (χ3n) is 7.59. The zero-order valence-corrected chi connectivity index (χ0v) is 24.5. The zero-order chi connectivity index (χ0) is 25.9. The Hall–Kier alpha value is -1.66.